The van der Waals surface area contributed by atoms with E-state index >= 15 is 0 Å². The molecule has 120 valence electrons. The van der Waals surface area contributed by atoms with E-state index in [0.717, 1.165) is 11.3 Å². The lowest BCUT2D eigenvalue weighted by atomic mass is 10.1. The molecule has 7 nitrogen and oxygen atoms in total. The lowest BCUT2D eigenvalue weighted by Gasteiger charge is -2.23. The zero-order valence-electron chi connectivity index (χ0n) is 13.9. The van der Waals surface area contributed by atoms with Crippen LogP contribution in [0.2, 0.25) is 0 Å². The van der Waals surface area contributed by atoms with E-state index in [1.54, 1.807) is 0 Å². The van der Waals surface area contributed by atoms with Crippen LogP contribution in [0.1, 0.15) is 31.9 Å². The lowest BCUT2D eigenvalue weighted by molar-refractivity contribution is 0.314. The molecule has 0 atom stereocenters. The first-order valence-corrected chi connectivity index (χ1v) is 7.45. The largest absolute Gasteiger partial charge is 0.362 e. The van der Waals surface area contributed by atoms with Crippen LogP contribution in [0, 0.1) is 13.8 Å². The summed E-state index contributed by atoms with van der Waals surface area (Å²) in [5.41, 5.74) is 3.93. The van der Waals surface area contributed by atoms with Gasteiger partial charge in [-0.2, -0.15) is 0 Å². The number of aryl methyl sites for hydroxylation is 1. The second-order valence-electron chi connectivity index (χ2n) is 6.58. The Balaban J connectivity index is 2.07. The SMILES string of the molecule is Cc1cccc(Nc2nc3nonc3nc2NC(C)(C)C)c1C. The summed E-state index contributed by atoms with van der Waals surface area (Å²) >= 11 is 0. The van der Waals surface area contributed by atoms with Crippen molar-refractivity contribution in [1.82, 2.24) is 20.3 Å². The Bertz CT molecular complexity index is 849. The molecule has 0 aliphatic heterocycles. The highest BCUT2D eigenvalue weighted by atomic mass is 16.6. The minimum absolute atomic E-state index is 0.169. The standard InChI is InChI=1S/C16H20N6O/c1-9-7-6-8-11(10(9)2)17-12-13(20-16(3,4)5)19-15-14(18-12)21-23-22-15/h6-8H,1-5H3,(H,17,18,21)(H,19,20,22). The highest BCUT2D eigenvalue weighted by Gasteiger charge is 2.18. The number of nitrogens with one attached hydrogen (secondary N) is 2. The van der Waals surface area contributed by atoms with Gasteiger partial charge in [0.05, 0.1) is 0 Å². The van der Waals surface area contributed by atoms with E-state index < -0.39 is 0 Å². The van der Waals surface area contributed by atoms with Crippen molar-refractivity contribution >= 4 is 28.6 Å². The van der Waals surface area contributed by atoms with E-state index in [1.165, 1.54) is 5.56 Å². The molecule has 0 spiro atoms. The van der Waals surface area contributed by atoms with E-state index in [4.69, 9.17) is 4.63 Å². The Morgan fingerprint density at radius 1 is 0.957 bits per heavy atom. The van der Waals surface area contributed by atoms with Crippen LogP contribution >= 0.6 is 0 Å². The van der Waals surface area contributed by atoms with Gasteiger partial charge in [0.15, 0.2) is 11.6 Å². The predicted molar refractivity (Wildman–Crippen MR) is 90.0 cm³/mol. The van der Waals surface area contributed by atoms with Crippen molar-refractivity contribution in [3.8, 4) is 0 Å². The highest BCUT2D eigenvalue weighted by molar-refractivity contribution is 5.77. The topological polar surface area (TPSA) is 88.8 Å². The van der Waals surface area contributed by atoms with Crippen LogP contribution in [0.25, 0.3) is 11.3 Å². The molecule has 1 aromatic carbocycles. The number of hydrogen-bond acceptors (Lipinski definition) is 7. The molecule has 2 heterocycles. The average molecular weight is 312 g/mol. The molecule has 0 amide bonds. The molecule has 2 aromatic heterocycles. The Hall–Kier alpha value is -2.70. The molecule has 0 saturated heterocycles. The summed E-state index contributed by atoms with van der Waals surface area (Å²) in [5, 5.41) is 14.2. The molecular weight excluding hydrogens is 292 g/mol. The van der Waals surface area contributed by atoms with Crippen LogP contribution in [-0.4, -0.2) is 25.8 Å². The van der Waals surface area contributed by atoms with Crippen LogP contribution in [-0.2, 0) is 0 Å². The van der Waals surface area contributed by atoms with E-state index in [2.05, 4.69) is 71.6 Å². The Morgan fingerprint density at radius 2 is 1.61 bits per heavy atom. The smallest absolute Gasteiger partial charge is 0.245 e. The van der Waals surface area contributed by atoms with Crippen molar-refractivity contribution in [1.29, 1.82) is 0 Å². The maximum absolute atomic E-state index is 4.72. The van der Waals surface area contributed by atoms with Crippen molar-refractivity contribution in [2.45, 2.75) is 40.2 Å². The first-order chi connectivity index (χ1) is 10.8. The fourth-order valence-corrected chi connectivity index (χ4v) is 2.18. The third-order valence-electron chi connectivity index (χ3n) is 3.47. The summed E-state index contributed by atoms with van der Waals surface area (Å²) < 4.78 is 4.72. The lowest BCUT2D eigenvalue weighted by Crippen LogP contribution is -2.27. The number of hydrogen-bond donors (Lipinski definition) is 2. The van der Waals surface area contributed by atoms with Crippen molar-refractivity contribution in [3.05, 3.63) is 29.3 Å². The van der Waals surface area contributed by atoms with Gasteiger partial charge in [0.2, 0.25) is 11.3 Å². The van der Waals surface area contributed by atoms with Crippen LogP contribution in [0.3, 0.4) is 0 Å². The van der Waals surface area contributed by atoms with E-state index in [1.807, 2.05) is 12.1 Å². The van der Waals surface area contributed by atoms with Gasteiger partial charge in [0, 0.05) is 11.2 Å². The van der Waals surface area contributed by atoms with Gasteiger partial charge >= 0.3 is 0 Å². The van der Waals surface area contributed by atoms with Gasteiger partial charge in [-0.1, -0.05) is 12.1 Å². The van der Waals surface area contributed by atoms with E-state index in [-0.39, 0.29) is 5.54 Å². The maximum atomic E-state index is 4.72. The predicted octanol–water partition coefficient (Wildman–Crippen LogP) is 3.58. The summed E-state index contributed by atoms with van der Waals surface area (Å²) in [7, 11) is 0. The number of anilines is 3. The van der Waals surface area contributed by atoms with Crippen LogP contribution in [0.5, 0.6) is 0 Å². The van der Waals surface area contributed by atoms with Gasteiger partial charge in [0.1, 0.15) is 0 Å². The third kappa shape index (κ3) is 3.23. The molecule has 7 heteroatoms. The molecule has 0 aliphatic rings. The fraction of sp³-hybridized carbons (Fsp3) is 0.375. The Morgan fingerprint density at radius 3 is 2.26 bits per heavy atom. The van der Waals surface area contributed by atoms with Crippen molar-refractivity contribution < 1.29 is 4.63 Å². The molecule has 3 rings (SSSR count). The molecule has 2 N–H and O–H groups in total. The summed E-state index contributed by atoms with van der Waals surface area (Å²) in [6.07, 6.45) is 0. The van der Waals surface area contributed by atoms with Crippen molar-refractivity contribution in [2.24, 2.45) is 0 Å². The highest BCUT2D eigenvalue weighted by Crippen LogP contribution is 2.28. The number of benzene rings is 1. The molecule has 23 heavy (non-hydrogen) atoms. The first-order valence-electron chi connectivity index (χ1n) is 7.45. The summed E-state index contributed by atoms with van der Waals surface area (Å²) in [5.74, 6) is 1.21. The van der Waals surface area contributed by atoms with Crippen molar-refractivity contribution in [3.63, 3.8) is 0 Å². The molecular formula is C16H20N6O. The maximum Gasteiger partial charge on any atom is 0.245 e. The molecule has 0 aliphatic carbocycles. The van der Waals surface area contributed by atoms with E-state index in [0.29, 0.717) is 22.9 Å². The Labute approximate surface area is 134 Å². The zero-order chi connectivity index (χ0) is 16.6. The van der Waals surface area contributed by atoms with Gasteiger partial charge in [-0.3, -0.25) is 0 Å². The van der Waals surface area contributed by atoms with E-state index in [9.17, 15) is 0 Å². The second-order valence-corrected chi connectivity index (χ2v) is 6.58. The van der Waals surface area contributed by atoms with Gasteiger partial charge < -0.3 is 10.6 Å². The van der Waals surface area contributed by atoms with Crippen molar-refractivity contribution in [2.75, 3.05) is 10.6 Å². The van der Waals surface area contributed by atoms with Crippen LogP contribution < -0.4 is 10.6 Å². The molecule has 0 fully saturated rings. The number of fused-ring (bicyclic) bond motifs is 1. The summed E-state index contributed by atoms with van der Waals surface area (Å²) in [4.78, 5) is 8.95. The van der Waals surface area contributed by atoms with Gasteiger partial charge in [-0.05, 0) is 62.1 Å². The number of nitrogens with zero attached hydrogens (tertiary/aromatic N) is 4. The summed E-state index contributed by atoms with van der Waals surface area (Å²) in [6, 6.07) is 6.09. The third-order valence-corrected chi connectivity index (χ3v) is 3.47. The van der Waals surface area contributed by atoms with Gasteiger partial charge in [-0.15, -0.1) is 0 Å². The minimum Gasteiger partial charge on any atom is -0.362 e. The summed E-state index contributed by atoms with van der Waals surface area (Å²) in [6.45, 7) is 10.3. The Kier molecular flexibility index (Phi) is 3.63. The molecule has 3 aromatic rings. The molecule has 0 saturated carbocycles. The second kappa shape index (κ2) is 5.49. The molecule has 0 bridgehead atoms. The first kappa shape index (κ1) is 15.2. The van der Waals surface area contributed by atoms with Crippen LogP contribution in [0.4, 0.5) is 17.3 Å². The van der Waals surface area contributed by atoms with Gasteiger partial charge in [0.25, 0.3) is 0 Å². The minimum atomic E-state index is -0.169. The van der Waals surface area contributed by atoms with Crippen LogP contribution in [0.15, 0.2) is 22.8 Å². The number of aromatic nitrogens is 4. The molecule has 0 unspecified atom stereocenters. The zero-order valence-corrected chi connectivity index (χ0v) is 13.9. The quantitative estimate of drug-likeness (QED) is 0.764. The molecule has 0 radical (unpaired) electrons. The average Bonchev–Trinajstić information content (AvgIpc) is 2.89. The monoisotopic (exact) mass is 312 g/mol. The van der Waals surface area contributed by atoms with Gasteiger partial charge in [-0.25, -0.2) is 14.6 Å². The fourth-order valence-electron chi connectivity index (χ4n) is 2.18. The number of rotatable bonds is 3. The normalized spacial score (nSPS) is 11.7.